The number of hydrogen-bond donors (Lipinski definition) is 0. The van der Waals surface area contributed by atoms with Crippen molar-refractivity contribution in [1.29, 1.82) is 0 Å². The number of carbonyl (C=O) groups excluding carboxylic acids is 1. The van der Waals surface area contributed by atoms with Gasteiger partial charge in [0.25, 0.3) is 0 Å². The molecule has 1 aromatic heterocycles. The van der Waals surface area contributed by atoms with Crippen LogP contribution < -0.4 is 4.74 Å². The first kappa shape index (κ1) is 25.9. The molecule has 0 saturated heterocycles. The highest BCUT2D eigenvalue weighted by atomic mass is 79.9. The Hall–Kier alpha value is -2.74. The van der Waals surface area contributed by atoms with E-state index < -0.39 is 5.60 Å². The summed E-state index contributed by atoms with van der Waals surface area (Å²) >= 11 is 3.49. The first-order valence-electron chi connectivity index (χ1n) is 11.6. The van der Waals surface area contributed by atoms with Crippen molar-refractivity contribution in [2.24, 2.45) is 5.92 Å². The summed E-state index contributed by atoms with van der Waals surface area (Å²) in [6.45, 7) is 8.22. The Morgan fingerprint density at radius 2 is 1.71 bits per heavy atom. The smallest absolute Gasteiger partial charge is 0.310 e. The van der Waals surface area contributed by atoms with Gasteiger partial charge < -0.3 is 9.47 Å². The zero-order chi connectivity index (χ0) is 24.7. The molecule has 1 heterocycles. The fraction of sp³-hybridized carbons (Fsp3) is 0.462. The van der Waals surface area contributed by atoms with Gasteiger partial charge in [0.2, 0.25) is 0 Å². The van der Waals surface area contributed by atoms with Gasteiger partial charge in [-0.3, -0.25) is 4.79 Å². The summed E-state index contributed by atoms with van der Waals surface area (Å²) in [4.78, 5) is 14.8. The zero-order valence-electron chi connectivity index (χ0n) is 20.5. The van der Waals surface area contributed by atoms with Crippen LogP contribution in [0.3, 0.4) is 0 Å². The third-order valence-electron chi connectivity index (χ3n) is 5.45. The highest BCUT2D eigenvalue weighted by Crippen LogP contribution is 2.32. The number of tetrazole rings is 1. The molecule has 0 unspecified atom stereocenters. The van der Waals surface area contributed by atoms with Gasteiger partial charge in [-0.1, -0.05) is 53.5 Å². The van der Waals surface area contributed by atoms with E-state index in [0.29, 0.717) is 25.2 Å². The van der Waals surface area contributed by atoms with Crippen molar-refractivity contribution in [2.45, 2.75) is 65.0 Å². The van der Waals surface area contributed by atoms with E-state index in [2.05, 4.69) is 45.3 Å². The van der Waals surface area contributed by atoms with Gasteiger partial charge in [-0.05, 0) is 74.2 Å². The van der Waals surface area contributed by atoms with Crippen LogP contribution in [-0.2, 0) is 22.5 Å². The Balaban J connectivity index is 1.90. The molecule has 34 heavy (non-hydrogen) atoms. The normalized spacial score (nSPS) is 13.4. The predicted molar refractivity (Wildman–Crippen MR) is 135 cm³/mol. The van der Waals surface area contributed by atoms with Crippen molar-refractivity contribution >= 4 is 21.9 Å². The highest BCUT2D eigenvalue weighted by Gasteiger charge is 2.35. The van der Waals surface area contributed by atoms with Crippen molar-refractivity contribution in [3.63, 3.8) is 0 Å². The summed E-state index contributed by atoms with van der Waals surface area (Å²) in [6, 6.07) is 15.9. The standard InChI is InChI=1S/C26H33BrN4O3/c1-6-7-22(25(32)34-26(2,3)4)23(16-18-8-12-20(27)13-9-18)24-28-30-31(29-24)17-19-10-14-21(33-5)15-11-19/h8-15,22-23H,6-7,16-17H2,1-5H3/t22-,23-/m0/s1. The number of rotatable bonds is 10. The largest absolute Gasteiger partial charge is 0.497 e. The van der Waals surface area contributed by atoms with Crippen molar-refractivity contribution < 1.29 is 14.3 Å². The highest BCUT2D eigenvalue weighted by molar-refractivity contribution is 9.10. The minimum Gasteiger partial charge on any atom is -0.497 e. The Labute approximate surface area is 210 Å². The summed E-state index contributed by atoms with van der Waals surface area (Å²) < 4.78 is 12.0. The Bertz CT molecular complexity index is 1060. The van der Waals surface area contributed by atoms with E-state index in [4.69, 9.17) is 14.6 Å². The van der Waals surface area contributed by atoms with Crippen LogP contribution in [0.5, 0.6) is 5.75 Å². The van der Waals surface area contributed by atoms with Gasteiger partial charge in [0.15, 0.2) is 5.82 Å². The van der Waals surface area contributed by atoms with Gasteiger partial charge in [0.05, 0.1) is 19.6 Å². The van der Waals surface area contributed by atoms with Crippen LogP contribution in [0.2, 0.25) is 0 Å². The maximum atomic E-state index is 13.2. The second-order valence-electron chi connectivity index (χ2n) is 9.39. The van der Waals surface area contributed by atoms with Crippen LogP contribution in [0.4, 0.5) is 0 Å². The van der Waals surface area contributed by atoms with Crippen LogP contribution in [-0.4, -0.2) is 38.9 Å². The topological polar surface area (TPSA) is 79.1 Å². The zero-order valence-corrected chi connectivity index (χ0v) is 22.1. The van der Waals surface area contributed by atoms with Gasteiger partial charge in [-0.15, -0.1) is 10.2 Å². The number of ether oxygens (including phenoxy) is 2. The van der Waals surface area contributed by atoms with Crippen LogP contribution >= 0.6 is 15.9 Å². The van der Waals surface area contributed by atoms with Crippen LogP contribution in [0, 0.1) is 5.92 Å². The van der Waals surface area contributed by atoms with Crippen molar-refractivity contribution in [3.05, 3.63) is 70.0 Å². The third kappa shape index (κ3) is 7.38. The predicted octanol–water partition coefficient (Wildman–Crippen LogP) is 5.58. The molecule has 0 aliphatic rings. The van der Waals surface area contributed by atoms with E-state index in [-0.39, 0.29) is 17.8 Å². The lowest BCUT2D eigenvalue weighted by Gasteiger charge is -2.28. The van der Waals surface area contributed by atoms with Crippen molar-refractivity contribution in [1.82, 2.24) is 20.2 Å². The fourth-order valence-electron chi connectivity index (χ4n) is 3.82. The maximum Gasteiger partial charge on any atom is 0.310 e. The molecule has 8 heteroatoms. The average molecular weight is 529 g/mol. The van der Waals surface area contributed by atoms with Gasteiger partial charge in [-0.2, -0.15) is 4.80 Å². The minimum absolute atomic E-state index is 0.219. The van der Waals surface area contributed by atoms with E-state index in [1.165, 1.54) is 0 Å². The maximum absolute atomic E-state index is 13.2. The quantitative estimate of drug-likeness (QED) is 0.319. The number of aromatic nitrogens is 4. The molecule has 7 nitrogen and oxygen atoms in total. The van der Waals surface area contributed by atoms with E-state index in [9.17, 15) is 4.79 Å². The van der Waals surface area contributed by atoms with E-state index in [1.807, 2.05) is 57.2 Å². The second kappa shape index (κ2) is 11.6. The number of nitrogens with zero attached hydrogens (tertiary/aromatic N) is 4. The summed E-state index contributed by atoms with van der Waals surface area (Å²) in [6.07, 6.45) is 2.15. The molecule has 0 saturated carbocycles. The van der Waals surface area contributed by atoms with Crippen LogP contribution in [0.25, 0.3) is 0 Å². The third-order valence-corrected chi connectivity index (χ3v) is 5.98. The number of halogens is 1. The van der Waals surface area contributed by atoms with Gasteiger partial charge in [0, 0.05) is 10.4 Å². The number of methoxy groups -OCH3 is 1. The van der Waals surface area contributed by atoms with Gasteiger partial charge in [-0.25, -0.2) is 0 Å². The van der Waals surface area contributed by atoms with Gasteiger partial charge in [0.1, 0.15) is 11.4 Å². The van der Waals surface area contributed by atoms with Crippen LogP contribution in [0.15, 0.2) is 53.0 Å². The monoisotopic (exact) mass is 528 g/mol. The molecule has 2 atom stereocenters. The number of carbonyl (C=O) groups is 1. The molecule has 0 N–H and O–H groups in total. The van der Waals surface area contributed by atoms with Crippen molar-refractivity contribution in [3.8, 4) is 5.75 Å². The molecule has 2 aromatic carbocycles. The molecule has 0 bridgehead atoms. The molecule has 0 amide bonds. The molecule has 0 aliphatic heterocycles. The molecule has 0 spiro atoms. The number of esters is 1. The molecule has 0 radical (unpaired) electrons. The van der Waals surface area contributed by atoms with E-state index in [1.54, 1.807) is 11.9 Å². The lowest BCUT2D eigenvalue weighted by Crippen LogP contribution is -2.33. The second-order valence-corrected chi connectivity index (χ2v) is 10.3. The Kier molecular flexibility index (Phi) is 8.83. The summed E-state index contributed by atoms with van der Waals surface area (Å²) in [5.41, 5.74) is 1.57. The summed E-state index contributed by atoms with van der Waals surface area (Å²) in [5, 5.41) is 13.4. The molecule has 182 valence electrons. The van der Waals surface area contributed by atoms with E-state index >= 15 is 0 Å². The number of hydrogen-bond acceptors (Lipinski definition) is 6. The SMILES string of the molecule is CCC[C@H](C(=O)OC(C)(C)C)[C@H](Cc1ccc(Br)cc1)c1nnn(Cc2ccc(OC)cc2)n1. The Morgan fingerprint density at radius 3 is 2.29 bits per heavy atom. The molecule has 3 rings (SSSR count). The lowest BCUT2D eigenvalue weighted by molar-refractivity contribution is -0.161. The lowest BCUT2D eigenvalue weighted by atomic mass is 9.83. The molecule has 3 aromatic rings. The average Bonchev–Trinajstić information content (AvgIpc) is 3.25. The molecular weight excluding hydrogens is 496 g/mol. The van der Waals surface area contributed by atoms with Crippen LogP contribution in [0.1, 0.15) is 63.4 Å². The Morgan fingerprint density at radius 1 is 1.06 bits per heavy atom. The molecular formula is C26H33BrN4O3. The summed E-state index contributed by atoms with van der Waals surface area (Å²) in [7, 11) is 1.64. The number of benzene rings is 2. The first-order valence-corrected chi connectivity index (χ1v) is 12.4. The van der Waals surface area contributed by atoms with Crippen molar-refractivity contribution in [2.75, 3.05) is 7.11 Å². The summed E-state index contributed by atoms with van der Waals surface area (Å²) in [5.74, 6) is 0.515. The first-order chi connectivity index (χ1) is 16.2. The van der Waals surface area contributed by atoms with Gasteiger partial charge >= 0.3 is 5.97 Å². The minimum atomic E-state index is -0.565. The fourth-order valence-corrected chi connectivity index (χ4v) is 4.09. The van der Waals surface area contributed by atoms with E-state index in [0.717, 1.165) is 27.8 Å². The molecule has 0 fully saturated rings. The molecule has 0 aliphatic carbocycles.